The highest BCUT2D eigenvalue weighted by molar-refractivity contribution is 7.45. The summed E-state index contributed by atoms with van der Waals surface area (Å²) in [5.74, 6) is -0.207. The van der Waals surface area contributed by atoms with Gasteiger partial charge in [0.05, 0.1) is 39.9 Å². The molecule has 0 heterocycles. The van der Waals surface area contributed by atoms with Gasteiger partial charge in [0.2, 0.25) is 5.91 Å². The van der Waals surface area contributed by atoms with Crippen LogP contribution in [0.2, 0.25) is 0 Å². The number of carbonyl (C=O) groups excluding carboxylic acids is 1. The van der Waals surface area contributed by atoms with Crippen LogP contribution in [0.1, 0.15) is 258 Å². The summed E-state index contributed by atoms with van der Waals surface area (Å²) < 4.78 is 23.3. The summed E-state index contributed by atoms with van der Waals surface area (Å²) >= 11 is 0. The Balaban J connectivity index is 4.30. The zero-order chi connectivity index (χ0) is 47.1. The number of quaternary nitrogens is 1. The van der Waals surface area contributed by atoms with Gasteiger partial charge < -0.3 is 28.8 Å². The van der Waals surface area contributed by atoms with Gasteiger partial charge >= 0.3 is 0 Å². The number of nitrogens with zero attached hydrogens (tertiary/aromatic N) is 1. The van der Waals surface area contributed by atoms with Crippen LogP contribution in [0.4, 0.5) is 0 Å². The molecule has 0 aromatic rings. The molecule has 0 aliphatic rings. The molecule has 378 valence electrons. The van der Waals surface area contributed by atoms with Crippen molar-refractivity contribution in [2.75, 3.05) is 40.9 Å². The maximum atomic E-state index is 12.9. The molecule has 0 fully saturated rings. The minimum atomic E-state index is -4.60. The molecule has 0 aliphatic carbocycles. The first-order chi connectivity index (χ1) is 31.0. The van der Waals surface area contributed by atoms with Crippen LogP contribution in [0.25, 0.3) is 0 Å². The van der Waals surface area contributed by atoms with Gasteiger partial charge in [-0.15, -0.1) is 0 Å². The number of aliphatic hydroxyl groups excluding tert-OH is 1. The SMILES string of the molecule is CCCCCCCC/C=C\CCCCCCCCCCCC(=O)NC(COP(=O)([O-])OCC[N+](C)(C)C)C(O)/C=C/CC/C=C/CCCCCCCCCCCCCCCCCCC. The van der Waals surface area contributed by atoms with Crippen LogP contribution < -0.4 is 10.2 Å². The maximum Gasteiger partial charge on any atom is 0.268 e. The highest BCUT2D eigenvalue weighted by Crippen LogP contribution is 2.38. The summed E-state index contributed by atoms with van der Waals surface area (Å²) in [4.78, 5) is 25.4. The topological polar surface area (TPSA) is 108 Å². The van der Waals surface area contributed by atoms with Crippen LogP contribution in [0.5, 0.6) is 0 Å². The van der Waals surface area contributed by atoms with Gasteiger partial charge in [0.25, 0.3) is 7.82 Å². The molecule has 0 bridgehead atoms. The third-order valence-corrected chi connectivity index (χ3v) is 13.3. The van der Waals surface area contributed by atoms with Crippen molar-refractivity contribution in [1.29, 1.82) is 0 Å². The quantitative estimate of drug-likeness (QED) is 0.0272. The van der Waals surface area contributed by atoms with Crippen LogP contribution in [0, 0.1) is 0 Å². The molecule has 0 saturated carbocycles. The Bertz CT molecular complexity index is 1140. The van der Waals surface area contributed by atoms with Crippen LogP contribution in [0.15, 0.2) is 36.5 Å². The van der Waals surface area contributed by atoms with Crippen molar-refractivity contribution in [1.82, 2.24) is 5.32 Å². The number of rotatable bonds is 50. The van der Waals surface area contributed by atoms with Gasteiger partial charge in [-0.1, -0.05) is 230 Å². The van der Waals surface area contributed by atoms with E-state index in [1.54, 1.807) is 6.08 Å². The van der Waals surface area contributed by atoms with Gasteiger partial charge in [-0.05, 0) is 57.8 Å². The van der Waals surface area contributed by atoms with E-state index in [0.29, 0.717) is 17.4 Å². The standard InChI is InChI=1S/C55H107N2O6P/c1-6-8-10-12-14-16-18-20-22-24-26-27-28-29-31-32-34-36-38-40-42-44-46-48-54(58)53(52-63-64(60,61)62-51-50-57(3,4)5)56-55(59)49-47-45-43-41-39-37-35-33-30-25-23-21-19-17-15-13-11-9-7-2/h21,23,38,40,46,48,53-54,58H,6-20,22,24-37,39,41-45,47,49-52H2,1-5H3,(H-,56,59,60,61)/b23-21-,40-38+,48-46+. The third-order valence-electron chi connectivity index (χ3n) is 12.3. The summed E-state index contributed by atoms with van der Waals surface area (Å²) in [7, 11) is 1.25. The van der Waals surface area contributed by atoms with Crippen LogP contribution in [-0.4, -0.2) is 68.5 Å². The fourth-order valence-corrected chi connectivity index (χ4v) is 8.71. The lowest BCUT2D eigenvalue weighted by Gasteiger charge is -2.29. The number of hydrogen-bond acceptors (Lipinski definition) is 6. The zero-order valence-electron chi connectivity index (χ0n) is 43.0. The molecule has 2 N–H and O–H groups in total. The minimum absolute atomic E-state index is 0.00617. The van der Waals surface area contributed by atoms with E-state index >= 15 is 0 Å². The summed E-state index contributed by atoms with van der Waals surface area (Å²) in [6.07, 6.45) is 59.3. The average molecular weight is 923 g/mol. The second-order valence-corrected chi connectivity index (χ2v) is 21.3. The lowest BCUT2D eigenvalue weighted by molar-refractivity contribution is -0.870. The molecule has 0 aromatic heterocycles. The number of hydrogen-bond donors (Lipinski definition) is 2. The molecule has 0 aromatic carbocycles. The van der Waals surface area contributed by atoms with Gasteiger partial charge in [-0.3, -0.25) is 9.36 Å². The Morgan fingerprint density at radius 3 is 1.27 bits per heavy atom. The smallest absolute Gasteiger partial charge is 0.268 e. The molecule has 3 atom stereocenters. The Hall–Kier alpha value is -1.28. The molecule has 8 nitrogen and oxygen atoms in total. The van der Waals surface area contributed by atoms with Crippen LogP contribution in [-0.2, 0) is 18.4 Å². The molecule has 0 saturated heterocycles. The first-order valence-corrected chi connectivity index (χ1v) is 28.8. The molecule has 0 rings (SSSR count). The van der Waals surface area contributed by atoms with Crippen molar-refractivity contribution < 1.29 is 32.9 Å². The highest BCUT2D eigenvalue weighted by atomic mass is 31.2. The van der Waals surface area contributed by atoms with Gasteiger partial charge in [0.15, 0.2) is 0 Å². The maximum absolute atomic E-state index is 12.9. The minimum Gasteiger partial charge on any atom is -0.756 e. The first kappa shape index (κ1) is 62.7. The average Bonchev–Trinajstić information content (AvgIpc) is 3.25. The molecule has 64 heavy (non-hydrogen) atoms. The molecular weight excluding hydrogens is 816 g/mol. The van der Waals surface area contributed by atoms with Crippen LogP contribution in [0.3, 0.4) is 0 Å². The number of allylic oxidation sites excluding steroid dienone is 5. The summed E-state index contributed by atoms with van der Waals surface area (Å²) in [6.45, 7) is 4.65. The molecule has 1 amide bonds. The number of phosphoric acid groups is 1. The van der Waals surface area contributed by atoms with Gasteiger partial charge in [-0.2, -0.15) is 0 Å². The van der Waals surface area contributed by atoms with E-state index in [1.165, 1.54) is 199 Å². The Morgan fingerprint density at radius 1 is 0.531 bits per heavy atom. The van der Waals surface area contributed by atoms with Crippen molar-refractivity contribution in [2.45, 2.75) is 270 Å². The van der Waals surface area contributed by atoms with E-state index in [0.717, 1.165) is 38.5 Å². The number of phosphoric ester groups is 1. The Morgan fingerprint density at radius 2 is 0.875 bits per heavy atom. The fourth-order valence-electron chi connectivity index (χ4n) is 7.99. The van der Waals surface area contributed by atoms with Crippen molar-refractivity contribution in [3.63, 3.8) is 0 Å². The van der Waals surface area contributed by atoms with E-state index in [9.17, 15) is 19.4 Å². The number of nitrogens with one attached hydrogen (secondary N) is 1. The molecule has 3 unspecified atom stereocenters. The van der Waals surface area contributed by atoms with E-state index in [4.69, 9.17) is 9.05 Å². The predicted molar refractivity (Wildman–Crippen MR) is 275 cm³/mol. The summed E-state index contributed by atoms with van der Waals surface area (Å²) in [5, 5.41) is 13.8. The second-order valence-electron chi connectivity index (χ2n) is 19.9. The highest BCUT2D eigenvalue weighted by Gasteiger charge is 2.23. The van der Waals surface area contributed by atoms with E-state index in [2.05, 4.69) is 43.5 Å². The van der Waals surface area contributed by atoms with E-state index in [-0.39, 0.29) is 12.5 Å². The number of carbonyl (C=O) groups is 1. The monoisotopic (exact) mass is 923 g/mol. The van der Waals surface area contributed by atoms with Gasteiger partial charge in [0, 0.05) is 6.42 Å². The molecule has 0 aliphatic heterocycles. The summed E-state index contributed by atoms with van der Waals surface area (Å²) in [5.41, 5.74) is 0. The lowest BCUT2D eigenvalue weighted by atomic mass is 10.0. The molecule has 0 radical (unpaired) electrons. The van der Waals surface area contributed by atoms with Crippen molar-refractivity contribution >= 4 is 13.7 Å². The van der Waals surface area contributed by atoms with E-state index < -0.39 is 26.6 Å². The summed E-state index contributed by atoms with van der Waals surface area (Å²) in [6, 6.07) is -0.904. The largest absolute Gasteiger partial charge is 0.756 e. The number of amides is 1. The van der Waals surface area contributed by atoms with Crippen molar-refractivity contribution in [2.24, 2.45) is 0 Å². The second kappa shape index (κ2) is 46.8. The Kier molecular flexibility index (Phi) is 45.9. The number of likely N-dealkylation sites (N-methyl/N-ethyl adjacent to an activating group) is 1. The van der Waals surface area contributed by atoms with Gasteiger partial charge in [0.1, 0.15) is 13.2 Å². The van der Waals surface area contributed by atoms with Crippen molar-refractivity contribution in [3.05, 3.63) is 36.5 Å². The molecule has 9 heteroatoms. The van der Waals surface area contributed by atoms with E-state index in [1.807, 2.05) is 27.2 Å². The molecular formula is C55H107N2O6P. The van der Waals surface area contributed by atoms with Crippen LogP contribution >= 0.6 is 7.82 Å². The predicted octanol–water partition coefficient (Wildman–Crippen LogP) is 15.6. The fraction of sp³-hybridized carbons (Fsp3) is 0.873. The van der Waals surface area contributed by atoms with Gasteiger partial charge in [-0.25, -0.2) is 0 Å². The number of aliphatic hydroxyl groups is 1. The Labute approximate surface area is 397 Å². The lowest BCUT2D eigenvalue weighted by Crippen LogP contribution is -2.45. The first-order valence-electron chi connectivity index (χ1n) is 27.4. The number of unbranched alkanes of at least 4 members (excludes halogenated alkanes) is 33. The third kappa shape index (κ3) is 48.6. The normalized spacial score (nSPS) is 14.3. The zero-order valence-corrected chi connectivity index (χ0v) is 43.9. The molecule has 0 spiro atoms. The van der Waals surface area contributed by atoms with Crippen molar-refractivity contribution in [3.8, 4) is 0 Å².